The van der Waals surface area contributed by atoms with Crippen molar-refractivity contribution in [1.82, 2.24) is 14.9 Å². The third-order valence-corrected chi connectivity index (χ3v) is 3.51. The van der Waals surface area contributed by atoms with Gasteiger partial charge in [-0.15, -0.1) is 0 Å². The van der Waals surface area contributed by atoms with E-state index in [1.165, 1.54) is 17.8 Å². The number of carbonyl (C=O) groups is 1. The van der Waals surface area contributed by atoms with E-state index in [2.05, 4.69) is 9.97 Å². The number of H-pyrrole nitrogens is 1. The molecule has 1 atom stereocenters. The van der Waals surface area contributed by atoms with Crippen molar-refractivity contribution in [3.05, 3.63) is 16.4 Å². The highest BCUT2D eigenvalue weighted by molar-refractivity contribution is 8.00. The van der Waals surface area contributed by atoms with Crippen LogP contribution < -0.4 is 11.3 Å². The quantitative estimate of drug-likeness (QED) is 0.691. The molecule has 0 bridgehead atoms. The molecule has 1 amide bonds. The monoisotopic (exact) mass is 240 g/mol. The van der Waals surface area contributed by atoms with Crippen LogP contribution in [-0.4, -0.2) is 39.6 Å². The van der Waals surface area contributed by atoms with Crippen LogP contribution in [0.4, 0.5) is 5.82 Å². The smallest absolute Gasteiger partial charge is 0.253 e. The van der Waals surface area contributed by atoms with E-state index in [1.807, 2.05) is 0 Å². The van der Waals surface area contributed by atoms with Crippen molar-refractivity contribution in [3.63, 3.8) is 0 Å². The van der Waals surface area contributed by atoms with Crippen LogP contribution in [0.1, 0.15) is 6.42 Å². The normalized spacial score (nSPS) is 20.4. The first-order valence-corrected chi connectivity index (χ1v) is 5.72. The molecule has 1 aromatic heterocycles. The number of hydrogen-bond donors (Lipinski definition) is 2. The largest absolute Gasteiger partial charge is 0.383 e. The second-order valence-electron chi connectivity index (χ2n) is 3.63. The van der Waals surface area contributed by atoms with Gasteiger partial charge in [0.1, 0.15) is 5.82 Å². The fourth-order valence-electron chi connectivity index (χ4n) is 1.54. The minimum absolute atomic E-state index is 0.0649. The summed E-state index contributed by atoms with van der Waals surface area (Å²) in [5.74, 6) is 0.236. The molecule has 2 heterocycles. The molecule has 1 aliphatic rings. The zero-order chi connectivity index (χ0) is 11.7. The maximum atomic E-state index is 11.6. The van der Waals surface area contributed by atoms with Gasteiger partial charge < -0.3 is 15.6 Å². The number of carbonyl (C=O) groups excluding carboxylic acids is 1. The maximum Gasteiger partial charge on any atom is 0.253 e. The summed E-state index contributed by atoms with van der Waals surface area (Å²) in [4.78, 5) is 31.0. The van der Waals surface area contributed by atoms with Crippen LogP contribution in [-0.2, 0) is 4.79 Å². The Kier molecular flexibility index (Phi) is 2.86. The molecule has 3 N–H and O–H groups in total. The van der Waals surface area contributed by atoms with Crippen molar-refractivity contribution < 1.29 is 4.79 Å². The SMILES string of the molecule is CN1CCC(Sc2nc(N)cc(=O)[nH]2)C1=O. The number of nitrogens with one attached hydrogen (secondary N) is 1. The fourth-order valence-corrected chi connectivity index (χ4v) is 2.63. The molecule has 1 saturated heterocycles. The summed E-state index contributed by atoms with van der Waals surface area (Å²) in [6.07, 6.45) is 0.762. The van der Waals surface area contributed by atoms with Gasteiger partial charge in [-0.2, -0.15) is 0 Å². The average molecular weight is 240 g/mol. The number of anilines is 1. The second-order valence-corrected chi connectivity index (χ2v) is 4.82. The summed E-state index contributed by atoms with van der Waals surface area (Å²) in [6.45, 7) is 0.739. The van der Waals surface area contributed by atoms with E-state index in [9.17, 15) is 9.59 Å². The molecule has 1 unspecified atom stereocenters. The lowest BCUT2D eigenvalue weighted by molar-refractivity contribution is -0.126. The fraction of sp³-hybridized carbons (Fsp3) is 0.444. The Labute approximate surface area is 96.2 Å². The van der Waals surface area contributed by atoms with Crippen molar-refractivity contribution in [2.24, 2.45) is 0 Å². The molecule has 1 fully saturated rings. The number of hydrogen-bond acceptors (Lipinski definition) is 5. The topological polar surface area (TPSA) is 92.1 Å². The van der Waals surface area contributed by atoms with E-state index in [0.717, 1.165) is 13.0 Å². The van der Waals surface area contributed by atoms with Gasteiger partial charge in [0.15, 0.2) is 5.16 Å². The number of rotatable bonds is 2. The third-order valence-electron chi connectivity index (χ3n) is 2.37. The summed E-state index contributed by atoms with van der Waals surface area (Å²) in [6, 6.07) is 1.21. The molecule has 86 valence electrons. The van der Waals surface area contributed by atoms with Crippen molar-refractivity contribution >= 4 is 23.5 Å². The van der Waals surface area contributed by atoms with Crippen LogP contribution in [0.2, 0.25) is 0 Å². The van der Waals surface area contributed by atoms with Crippen LogP contribution in [0.15, 0.2) is 16.0 Å². The molecular weight excluding hydrogens is 228 g/mol. The van der Waals surface area contributed by atoms with E-state index >= 15 is 0 Å². The predicted octanol–water partition coefficient (Wildman–Crippen LogP) is -0.325. The van der Waals surface area contributed by atoms with Crippen LogP contribution in [0.5, 0.6) is 0 Å². The van der Waals surface area contributed by atoms with Crippen LogP contribution in [0.3, 0.4) is 0 Å². The third kappa shape index (κ3) is 2.19. The number of likely N-dealkylation sites (tertiary alicyclic amines) is 1. The first-order valence-electron chi connectivity index (χ1n) is 4.85. The minimum atomic E-state index is -0.297. The van der Waals surface area contributed by atoms with Crippen LogP contribution in [0, 0.1) is 0 Å². The highest BCUT2D eigenvalue weighted by Gasteiger charge is 2.30. The number of thioether (sulfide) groups is 1. The first-order chi connectivity index (χ1) is 7.56. The lowest BCUT2D eigenvalue weighted by atomic mass is 10.4. The highest BCUT2D eigenvalue weighted by atomic mass is 32.2. The van der Waals surface area contributed by atoms with Gasteiger partial charge in [0.05, 0.1) is 5.25 Å². The molecule has 6 nitrogen and oxygen atoms in total. The van der Waals surface area contributed by atoms with Gasteiger partial charge in [-0.05, 0) is 6.42 Å². The summed E-state index contributed by atoms with van der Waals surface area (Å²) in [5.41, 5.74) is 5.16. The number of nitrogens with zero attached hydrogens (tertiary/aromatic N) is 2. The van der Waals surface area contributed by atoms with Crippen molar-refractivity contribution in [3.8, 4) is 0 Å². The molecule has 16 heavy (non-hydrogen) atoms. The van der Waals surface area contributed by atoms with Crippen LogP contribution in [0.25, 0.3) is 0 Å². The Morgan fingerprint density at radius 2 is 2.38 bits per heavy atom. The second kappa shape index (κ2) is 4.17. The summed E-state index contributed by atoms with van der Waals surface area (Å²) in [5, 5.41) is 0.230. The molecule has 0 saturated carbocycles. The standard InChI is InChI=1S/C9H12N4O2S/c1-13-3-2-5(8(13)15)16-9-11-6(10)4-7(14)12-9/h4-5H,2-3H2,1H3,(H3,10,11,12,14). The number of nitrogens with two attached hydrogens (primary N) is 1. The van der Waals surface area contributed by atoms with E-state index in [0.29, 0.717) is 5.16 Å². The molecule has 0 aromatic carbocycles. The van der Waals surface area contributed by atoms with Crippen LogP contribution >= 0.6 is 11.8 Å². The minimum Gasteiger partial charge on any atom is -0.383 e. The average Bonchev–Trinajstić information content (AvgIpc) is 2.48. The predicted molar refractivity (Wildman–Crippen MR) is 61.2 cm³/mol. The molecule has 0 radical (unpaired) electrons. The van der Waals surface area contributed by atoms with Gasteiger partial charge in [0, 0.05) is 19.7 Å². The molecule has 1 aromatic rings. The van der Waals surface area contributed by atoms with Crippen molar-refractivity contribution in [2.45, 2.75) is 16.8 Å². The number of amides is 1. The molecular formula is C9H12N4O2S. The Hall–Kier alpha value is -1.50. The summed E-state index contributed by atoms with van der Waals surface area (Å²) < 4.78 is 0. The zero-order valence-electron chi connectivity index (χ0n) is 8.77. The summed E-state index contributed by atoms with van der Waals surface area (Å²) >= 11 is 1.25. The van der Waals surface area contributed by atoms with Gasteiger partial charge in [-0.3, -0.25) is 9.59 Å². The van der Waals surface area contributed by atoms with Gasteiger partial charge in [-0.1, -0.05) is 11.8 Å². The Morgan fingerprint density at radius 1 is 1.62 bits per heavy atom. The molecule has 7 heteroatoms. The lowest BCUT2D eigenvalue weighted by Crippen LogP contribution is -2.24. The number of nitrogen functional groups attached to an aromatic ring is 1. The van der Waals surface area contributed by atoms with E-state index in [4.69, 9.17) is 5.73 Å². The van der Waals surface area contributed by atoms with Gasteiger partial charge >= 0.3 is 0 Å². The van der Waals surface area contributed by atoms with Crippen molar-refractivity contribution in [2.75, 3.05) is 19.3 Å². The Balaban J connectivity index is 2.15. The first kappa shape index (κ1) is 11.0. The van der Waals surface area contributed by atoms with Gasteiger partial charge in [0.25, 0.3) is 5.56 Å². The van der Waals surface area contributed by atoms with E-state index in [1.54, 1.807) is 11.9 Å². The number of aromatic nitrogens is 2. The maximum absolute atomic E-state index is 11.6. The lowest BCUT2D eigenvalue weighted by Gasteiger charge is -2.09. The van der Waals surface area contributed by atoms with Gasteiger partial charge in [0.2, 0.25) is 5.91 Å². The van der Waals surface area contributed by atoms with Crippen molar-refractivity contribution in [1.29, 1.82) is 0 Å². The zero-order valence-corrected chi connectivity index (χ0v) is 9.58. The Bertz CT molecular complexity index is 473. The Morgan fingerprint density at radius 3 is 2.94 bits per heavy atom. The van der Waals surface area contributed by atoms with E-state index in [-0.39, 0.29) is 22.5 Å². The molecule has 1 aliphatic heterocycles. The summed E-state index contributed by atoms with van der Waals surface area (Å²) in [7, 11) is 1.76. The van der Waals surface area contributed by atoms with E-state index < -0.39 is 0 Å². The molecule has 2 rings (SSSR count). The number of aromatic amines is 1. The molecule has 0 spiro atoms. The van der Waals surface area contributed by atoms with Gasteiger partial charge in [-0.25, -0.2) is 4.98 Å². The molecule has 0 aliphatic carbocycles. The highest BCUT2D eigenvalue weighted by Crippen LogP contribution is 2.27.